The molecule has 4 heteroatoms. The first-order valence-electron chi connectivity index (χ1n) is 4.21. The first-order chi connectivity index (χ1) is 6.31. The highest BCUT2D eigenvalue weighted by molar-refractivity contribution is 7.16. The lowest BCUT2D eigenvalue weighted by Crippen LogP contribution is -1.93. The maximum absolute atomic E-state index is 5.99. The third-order valence-electron chi connectivity index (χ3n) is 1.80. The summed E-state index contributed by atoms with van der Waals surface area (Å²) in [5.41, 5.74) is 0. The molecule has 0 aliphatic carbocycles. The van der Waals surface area contributed by atoms with Gasteiger partial charge in [0.15, 0.2) is 0 Å². The van der Waals surface area contributed by atoms with Gasteiger partial charge in [-0.25, -0.2) is 9.97 Å². The zero-order valence-electron chi connectivity index (χ0n) is 7.25. The van der Waals surface area contributed by atoms with Gasteiger partial charge in [-0.1, -0.05) is 18.5 Å². The Balaban J connectivity index is 2.56. The van der Waals surface area contributed by atoms with Crippen LogP contribution in [0.1, 0.15) is 19.2 Å². The molecule has 2 heterocycles. The van der Waals surface area contributed by atoms with Gasteiger partial charge in [0, 0.05) is 11.8 Å². The number of thiophene rings is 1. The van der Waals surface area contributed by atoms with Gasteiger partial charge in [-0.2, -0.15) is 0 Å². The zero-order valence-corrected chi connectivity index (χ0v) is 8.82. The van der Waals surface area contributed by atoms with Crippen molar-refractivity contribution in [3.05, 3.63) is 22.4 Å². The first kappa shape index (κ1) is 8.91. The molecule has 68 valence electrons. The summed E-state index contributed by atoms with van der Waals surface area (Å²) in [6.45, 7) is 2.11. The Labute approximate surface area is 85.6 Å². The molecule has 0 radical (unpaired) electrons. The number of hydrogen-bond donors (Lipinski definition) is 0. The van der Waals surface area contributed by atoms with Crippen LogP contribution in [0.25, 0.3) is 10.2 Å². The predicted molar refractivity (Wildman–Crippen MR) is 56.4 cm³/mol. The van der Waals surface area contributed by atoms with Crippen molar-refractivity contribution in [3.8, 4) is 0 Å². The largest absolute Gasteiger partial charge is 0.222 e. The second-order valence-corrected chi connectivity index (χ2v) is 4.07. The van der Waals surface area contributed by atoms with E-state index < -0.39 is 0 Å². The monoisotopic (exact) mass is 212 g/mol. The highest BCUT2D eigenvalue weighted by Gasteiger charge is 2.05. The number of halogens is 1. The maximum Gasteiger partial charge on any atom is 0.141 e. The van der Waals surface area contributed by atoms with Crippen molar-refractivity contribution in [2.24, 2.45) is 0 Å². The molecule has 2 nitrogen and oxygen atoms in total. The topological polar surface area (TPSA) is 25.8 Å². The van der Waals surface area contributed by atoms with Gasteiger partial charge in [0.25, 0.3) is 0 Å². The van der Waals surface area contributed by atoms with Crippen molar-refractivity contribution in [2.45, 2.75) is 19.8 Å². The number of aromatic nitrogens is 2. The standard InChI is InChI=1S/C9H9ClN2S/c1-2-3-7-11-8(10)6-4-5-13-9(6)12-7/h4-5H,2-3H2,1H3. The minimum Gasteiger partial charge on any atom is -0.222 e. The Morgan fingerprint density at radius 3 is 3.08 bits per heavy atom. The van der Waals surface area contributed by atoms with E-state index in [1.54, 1.807) is 11.3 Å². The molecule has 0 N–H and O–H groups in total. The van der Waals surface area contributed by atoms with Crippen LogP contribution in [0, 0.1) is 0 Å². The molecule has 2 aromatic heterocycles. The summed E-state index contributed by atoms with van der Waals surface area (Å²) in [4.78, 5) is 9.62. The molecule has 13 heavy (non-hydrogen) atoms. The van der Waals surface area contributed by atoms with Crippen LogP contribution < -0.4 is 0 Å². The Hall–Kier alpha value is -0.670. The molecule has 0 fully saturated rings. The van der Waals surface area contributed by atoms with Gasteiger partial charge in [-0.05, 0) is 17.9 Å². The van der Waals surface area contributed by atoms with Crippen molar-refractivity contribution in [2.75, 3.05) is 0 Å². The average molecular weight is 213 g/mol. The normalized spacial score (nSPS) is 10.9. The molecular formula is C9H9ClN2S. The van der Waals surface area contributed by atoms with Crippen LogP contribution in [-0.4, -0.2) is 9.97 Å². The lowest BCUT2D eigenvalue weighted by molar-refractivity contribution is 0.846. The van der Waals surface area contributed by atoms with E-state index in [0.29, 0.717) is 5.15 Å². The molecule has 0 atom stereocenters. The summed E-state index contributed by atoms with van der Waals surface area (Å²) in [5.74, 6) is 0.849. The smallest absolute Gasteiger partial charge is 0.141 e. The summed E-state index contributed by atoms with van der Waals surface area (Å²) >= 11 is 7.60. The molecule has 0 unspecified atom stereocenters. The molecule has 0 aliphatic rings. The molecule has 0 amide bonds. The molecular weight excluding hydrogens is 204 g/mol. The number of hydrogen-bond acceptors (Lipinski definition) is 3. The Bertz CT molecular complexity index is 424. The number of nitrogens with zero attached hydrogens (tertiary/aromatic N) is 2. The Morgan fingerprint density at radius 1 is 1.46 bits per heavy atom. The molecule has 0 bridgehead atoms. The average Bonchev–Trinajstić information content (AvgIpc) is 2.53. The van der Waals surface area contributed by atoms with Gasteiger partial charge in [-0.3, -0.25) is 0 Å². The second-order valence-electron chi connectivity index (χ2n) is 2.82. The lowest BCUT2D eigenvalue weighted by Gasteiger charge is -1.98. The van der Waals surface area contributed by atoms with Crippen LogP contribution in [0.4, 0.5) is 0 Å². The lowest BCUT2D eigenvalue weighted by atomic mass is 10.3. The summed E-state index contributed by atoms with van der Waals surface area (Å²) < 4.78 is 0. The number of fused-ring (bicyclic) bond motifs is 1. The van der Waals surface area contributed by atoms with E-state index in [1.165, 1.54) is 0 Å². The van der Waals surface area contributed by atoms with E-state index in [1.807, 2.05) is 11.4 Å². The van der Waals surface area contributed by atoms with Crippen LogP contribution >= 0.6 is 22.9 Å². The van der Waals surface area contributed by atoms with E-state index in [4.69, 9.17) is 11.6 Å². The quantitative estimate of drug-likeness (QED) is 0.714. The third-order valence-corrected chi connectivity index (χ3v) is 2.89. The first-order valence-corrected chi connectivity index (χ1v) is 5.46. The van der Waals surface area contributed by atoms with Crippen LogP contribution in [0.5, 0.6) is 0 Å². The second kappa shape index (κ2) is 3.60. The van der Waals surface area contributed by atoms with Gasteiger partial charge in [0.1, 0.15) is 15.8 Å². The molecule has 0 aliphatic heterocycles. The van der Waals surface area contributed by atoms with E-state index in [9.17, 15) is 0 Å². The molecule has 0 saturated heterocycles. The van der Waals surface area contributed by atoms with Crippen molar-refractivity contribution in [3.63, 3.8) is 0 Å². The van der Waals surface area contributed by atoms with Gasteiger partial charge in [-0.15, -0.1) is 11.3 Å². The van der Waals surface area contributed by atoms with Gasteiger partial charge in [0.05, 0.1) is 0 Å². The SMILES string of the molecule is CCCc1nc(Cl)c2ccsc2n1. The molecule has 0 aromatic carbocycles. The number of aryl methyl sites for hydroxylation is 1. The van der Waals surface area contributed by atoms with Gasteiger partial charge < -0.3 is 0 Å². The summed E-state index contributed by atoms with van der Waals surface area (Å²) in [6, 6.07) is 1.96. The predicted octanol–water partition coefficient (Wildman–Crippen LogP) is 3.30. The van der Waals surface area contributed by atoms with E-state index in [0.717, 1.165) is 28.9 Å². The molecule has 0 saturated carbocycles. The fourth-order valence-corrected chi connectivity index (χ4v) is 2.28. The Kier molecular flexibility index (Phi) is 2.47. The third kappa shape index (κ3) is 1.67. The van der Waals surface area contributed by atoms with Gasteiger partial charge >= 0.3 is 0 Å². The van der Waals surface area contributed by atoms with Crippen molar-refractivity contribution in [1.29, 1.82) is 0 Å². The van der Waals surface area contributed by atoms with Crippen LogP contribution in [0.3, 0.4) is 0 Å². The fourth-order valence-electron chi connectivity index (χ4n) is 1.20. The Morgan fingerprint density at radius 2 is 2.31 bits per heavy atom. The molecule has 2 rings (SSSR count). The number of rotatable bonds is 2. The van der Waals surface area contributed by atoms with Crippen molar-refractivity contribution >= 4 is 33.2 Å². The van der Waals surface area contributed by atoms with Gasteiger partial charge in [0.2, 0.25) is 0 Å². The van der Waals surface area contributed by atoms with Crippen LogP contribution in [-0.2, 0) is 6.42 Å². The van der Waals surface area contributed by atoms with Crippen LogP contribution in [0.15, 0.2) is 11.4 Å². The minimum absolute atomic E-state index is 0.578. The van der Waals surface area contributed by atoms with E-state index in [2.05, 4.69) is 16.9 Å². The van der Waals surface area contributed by atoms with E-state index in [-0.39, 0.29) is 0 Å². The van der Waals surface area contributed by atoms with Crippen molar-refractivity contribution in [1.82, 2.24) is 9.97 Å². The van der Waals surface area contributed by atoms with Crippen LogP contribution in [0.2, 0.25) is 5.15 Å². The summed E-state index contributed by atoms with van der Waals surface area (Å²) in [5, 5.41) is 3.53. The molecule has 0 spiro atoms. The summed E-state index contributed by atoms with van der Waals surface area (Å²) in [7, 11) is 0. The van der Waals surface area contributed by atoms with E-state index >= 15 is 0 Å². The summed E-state index contributed by atoms with van der Waals surface area (Å²) in [6.07, 6.45) is 1.95. The zero-order chi connectivity index (χ0) is 9.26. The maximum atomic E-state index is 5.99. The fraction of sp³-hybridized carbons (Fsp3) is 0.333. The minimum atomic E-state index is 0.578. The molecule has 2 aromatic rings. The highest BCUT2D eigenvalue weighted by atomic mass is 35.5. The highest BCUT2D eigenvalue weighted by Crippen LogP contribution is 2.24. The van der Waals surface area contributed by atoms with Crippen molar-refractivity contribution < 1.29 is 0 Å².